The van der Waals surface area contributed by atoms with Crippen LogP contribution in [0.1, 0.15) is 22.4 Å². The summed E-state index contributed by atoms with van der Waals surface area (Å²) >= 11 is 11.9. The molecule has 0 spiro atoms. The molecule has 0 unspecified atom stereocenters. The van der Waals surface area contributed by atoms with Crippen molar-refractivity contribution >= 4 is 23.2 Å². The molecule has 0 saturated carbocycles. The number of rotatable bonds is 7. The summed E-state index contributed by atoms with van der Waals surface area (Å²) in [6.07, 6.45) is 4.55. The maximum Gasteiger partial charge on any atom is 0.135 e. The fraction of sp³-hybridized carbons (Fsp3) is 0.211. The van der Waals surface area contributed by atoms with Crippen LogP contribution in [0.4, 0.5) is 0 Å². The zero-order chi connectivity index (χ0) is 18.4. The number of nitrogens with one attached hydrogen (secondary N) is 1. The van der Waals surface area contributed by atoms with E-state index in [2.05, 4.69) is 25.9 Å². The van der Waals surface area contributed by atoms with E-state index in [0.29, 0.717) is 22.4 Å². The van der Waals surface area contributed by atoms with E-state index in [1.807, 2.05) is 42.9 Å². The summed E-state index contributed by atoms with van der Waals surface area (Å²) in [4.78, 5) is 8.28. The lowest BCUT2D eigenvalue weighted by Crippen LogP contribution is -2.18. The number of benzene rings is 1. The first-order valence-electron chi connectivity index (χ1n) is 8.15. The Balaban J connectivity index is 1.53. The maximum absolute atomic E-state index is 8.87. The molecule has 0 atom stereocenters. The van der Waals surface area contributed by atoms with Crippen LogP contribution in [0.3, 0.4) is 0 Å². The molecular weight excluding hydrogens is 369 g/mol. The molecule has 3 aromatic rings. The molecule has 7 heteroatoms. The zero-order valence-corrected chi connectivity index (χ0v) is 15.5. The number of nitriles is 1. The molecule has 5 nitrogen and oxygen atoms in total. The third-order valence-corrected chi connectivity index (χ3v) is 4.54. The molecule has 0 amide bonds. The van der Waals surface area contributed by atoms with Gasteiger partial charge in [0.05, 0.1) is 18.0 Å². The van der Waals surface area contributed by atoms with E-state index in [1.54, 1.807) is 6.07 Å². The Morgan fingerprint density at radius 3 is 2.65 bits per heavy atom. The second-order valence-electron chi connectivity index (χ2n) is 5.83. The molecule has 0 radical (unpaired) electrons. The Labute approximate surface area is 162 Å². The summed E-state index contributed by atoms with van der Waals surface area (Å²) in [6.45, 7) is 2.15. The van der Waals surface area contributed by atoms with Gasteiger partial charge in [0.15, 0.2) is 0 Å². The molecule has 26 heavy (non-hydrogen) atoms. The summed E-state index contributed by atoms with van der Waals surface area (Å²) < 4.78 is 2.11. The average Bonchev–Trinajstić information content (AvgIpc) is 3.08. The largest absolute Gasteiger partial charge is 0.330 e. The topological polar surface area (TPSA) is 66.5 Å². The van der Waals surface area contributed by atoms with E-state index in [1.165, 1.54) is 0 Å². The molecule has 2 heterocycles. The molecule has 3 rings (SSSR count). The Morgan fingerprint density at radius 1 is 1.12 bits per heavy atom. The summed E-state index contributed by atoms with van der Waals surface area (Å²) in [5.74, 6) is 0. The van der Waals surface area contributed by atoms with Crippen LogP contribution in [0.25, 0.3) is 0 Å². The van der Waals surface area contributed by atoms with Gasteiger partial charge >= 0.3 is 0 Å². The van der Waals surface area contributed by atoms with Crippen molar-refractivity contribution in [1.29, 1.82) is 5.26 Å². The fourth-order valence-corrected chi connectivity index (χ4v) is 3.00. The molecule has 132 valence electrons. The van der Waals surface area contributed by atoms with Crippen LogP contribution >= 0.6 is 23.2 Å². The third-order valence-electron chi connectivity index (χ3n) is 4.00. The van der Waals surface area contributed by atoms with Gasteiger partial charge in [0, 0.05) is 43.5 Å². The molecule has 0 saturated heterocycles. The van der Waals surface area contributed by atoms with Crippen LogP contribution in [0.5, 0.6) is 0 Å². The highest BCUT2D eigenvalue weighted by Crippen LogP contribution is 2.16. The van der Waals surface area contributed by atoms with E-state index in [0.717, 1.165) is 36.3 Å². The van der Waals surface area contributed by atoms with Gasteiger partial charge in [-0.15, -0.1) is 0 Å². The van der Waals surface area contributed by atoms with Gasteiger partial charge in [0.1, 0.15) is 10.3 Å². The average molecular weight is 386 g/mol. The lowest BCUT2D eigenvalue weighted by Gasteiger charge is -2.10. The van der Waals surface area contributed by atoms with Gasteiger partial charge in [-0.2, -0.15) is 5.26 Å². The highest BCUT2D eigenvalue weighted by Gasteiger charge is 2.05. The predicted molar refractivity (Wildman–Crippen MR) is 102 cm³/mol. The standard InChI is InChI=1S/C19H17Cl2N5/c20-18-6-5-16(19(21)25-18)10-23-8-7-17-11-24-13-26(17)12-15-3-1-14(9-22)2-4-15/h1-6,11,13,23H,7-8,10,12H2. The van der Waals surface area contributed by atoms with Gasteiger partial charge in [0.25, 0.3) is 0 Å². The fourth-order valence-electron chi connectivity index (χ4n) is 2.59. The lowest BCUT2D eigenvalue weighted by atomic mass is 10.1. The van der Waals surface area contributed by atoms with Crippen molar-refractivity contribution in [2.24, 2.45) is 0 Å². The molecule has 2 aromatic heterocycles. The van der Waals surface area contributed by atoms with Gasteiger partial charge < -0.3 is 9.88 Å². The van der Waals surface area contributed by atoms with Crippen LogP contribution in [-0.4, -0.2) is 21.1 Å². The van der Waals surface area contributed by atoms with Crippen molar-refractivity contribution in [3.05, 3.63) is 81.6 Å². The van der Waals surface area contributed by atoms with Crippen LogP contribution in [0.15, 0.2) is 48.9 Å². The van der Waals surface area contributed by atoms with Crippen LogP contribution in [0.2, 0.25) is 10.3 Å². The Hall–Kier alpha value is -2.39. The predicted octanol–water partition coefficient (Wildman–Crippen LogP) is 3.84. The van der Waals surface area contributed by atoms with Crippen molar-refractivity contribution in [3.63, 3.8) is 0 Å². The van der Waals surface area contributed by atoms with Gasteiger partial charge in [-0.25, -0.2) is 9.97 Å². The number of hydrogen-bond donors (Lipinski definition) is 1. The first kappa shape index (κ1) is 18.4. The van der Waals surface area contributed by atoms with Gasteiger partial charge in [-0.05, 0) is 23.8 Å². The van der Waals surface area contributed by atoms with Gasteiger partial charge in [0.2, 0.25) is 0 Å². The Morgan fingerprint density at radius 2 is 1.92 bits per heavy atom. The molecule has 0 aliphatic carbocycles. The quantitative estimate of drug-likeness (QED) is 0.495. The minimum atomic E-state index is 0.394. The van der Waals surface area contributed by atoms with E-state index < -0.39 is 0 Å². The van der Waals surface area contributed by atoms with Crippen molar-refractivity contribution in [3.8, 4) is 6.07 Å². The summed E-state index contributed by atoms with van der Waals surface area (Å²) in [5, 5.41) is 13.1. The van der Waals surface area contributed by atoms with Crippen molar-refractivity contribution in [2.75, 3.05) is 6.54 Å². The van der Waals surface area contributed by atoms with Crippen molar-refractivity contribution < 1.29 is 0 Å². The van der Waals surface area contributed by atoms with E-state index in [9.17, 15) is 0 Å². The minimum absolute atomic E-state index is 0.394. The van der Waals surface area contributed by atoms with E-state index in [-0.39, 0.29) is 0 Å². The number of imidazole rings is 1. The Kier molecular flexibility index (Phi) is 6.24. The van der Waals surface area contributed by atoms with Gasteiger partial charge in [-0.3, -0.25) is 0 Å². The number of nitrogens with zero attached hydrogens (tertiary/aromatic N) is 4. The molecule has 1 aromatic carbocycles. The molecular formula is C19H17Cl2N5. The summed E-state index contributed by atoms with van der Waals surface area (Å²) in [6, 6.07) is 13.3. The SMILES string of the molecule is N#Cc1ccc(Cn2cncc2CCNCc2ccc(Cl)nc2Cl)cc1. The first-order valence-corrected chi connectivity index (χ1v) is 8.91. The number of halogens is 2. The maximum atomic E-state index is 8.87. The molecule has 0 aliphatic rings. The monoisotopic (exact) mass is 385 g/mol. The number of pyridine rings is 1. The minimum Gasteiger partial charge on any atom is -0.330 e. The highest BCUT2D eigenvalue weighted by molar-refractivity contribution is 6.32. The number of hydrogen-bond acceptors (Lipinski definition) is 4. The summed E-state index contributed by atoms with van der Waals surface area (Å²) in [7, 11) is 0. The number of aromatic nitrogens is 3. The molecule has 1 N–H and O–H groups in total. The highest BCUT2D eigenvalue weighted by atomic mass is 35.5. The smallest absolute Gasteiger partial charge is 0.135 e. The van der Waals surface area contributed by atoms with E-state index >= 15 is 0 Å². The Bertz CT molecular complexity index is 912. The van der Waals surface area contributed by atoms with Crippen LogP contribution in [0, 0.1) is 11.3 Å². The second kappa shape index (κ2) is 8.81. The lowest BCUT2D eigenvalue weighted by molar-refractivity contribution is 0.651. The van der Waals surface area contributed by atoms with Crippen molar-refractivity contribution in [2.45, 2.75) is 19.5 Å². The van der Waals surface area contributed by atoms with Crippen LogP contribution < -0.4 is 5.32 Å². The normalized spacial score (nSPS) is 10.7. The van der Waals surface area contributed by atoms with Crippen LogP contribution in [-0.2, 0) is 19.5 Å². The third kappa shape index (κ3) is 4.83. The molecule has 0 aliphatic heterocycles. The van der Waals surface area contributed by atoms with Crippen molar-refractivity contribution in [1.82, 2.24) is 19.9 Å². The molecule has 0 bridgehead atoms. The van der Waals surface area contributed by atoms with Gasteiger partial charge in [-0.1, -0.05) is 41.4 Å². The molecule has 0 fully saturated rings. The summed E-state index contributed by atoms with van der Waals surface area (Å²) in [5.41, 5.74) is 3.86. The van der Waals surface area contributed by atoms with E-state index in [4.69, 9.17) is 28.5 Å². The first-order chi connectivity index (χ1) is 12.7. The second-order valence-corrected chi connectivity index (χ2v) is 6.58. The zero-order valence-electron chi connectivity index (χ0n) is 14.0.